The van der Waals surface area contributed by atoms with Gasteiger partial charge in [0, 0.05) is 23.9 Å². The van der Waals surface area contributed by atoms with Crippen LogP contribution in [0.2, 0.25) is 5.02 Å². The maximum absolute atomic E-state index is 13.0. The summed E-state index contributed by atoms with van der Waals surface area (Å²) in [4.78, 5) is 38.3. The van der Waals surface area contributed by atoms with Gasteiger partial charge in [0.2, 0.25) is 0 Å². The highest BCUT2D eigenvalue weighted by Crippen LogP contribution is 2.20. The van der Waals surface area contributed by atoms with Crippen molar-refractivity contribution in [3.05, 3.63) is 69.6 Å². The lowest BCUT2D eigenvalue weighted by Gasteiger charge is -2.26. The van der Waals surface area contributed by atoms with E-state index in [9.17, 15) is 14.4 Å². The zero-order valence-electron chi connectivity index (χ0n) is 14.4. The molecule has 3 rings (SSSR count). The Morgan fingerprint density at radius 3 is 2.42 bits per heavy atom. The molecule has 1 unspecified atom stereocenters. The van der Waals surface area contributed by atoms with Crippen LogP contribution in [-0.4, -0.2) is 22.3 Å². The summed E-state index contributed by atoms with van der Waals surface area (Å²) in [6.07, 6.45) is 6.39. The Morgan fingerprint density at radius 2 is 1.73 bits per heavy atom. The van der Waals surface area contributed by atoms with E-state index >= 15 is 0 Å². The lowest BCUT2D eigenvalue weighted by atomic mass is 9.94. The van der Waals surface area contributed by atoms with E-state index in [4.69, 9.17) is 11.6 Å². The molecule has 0 radical (unpaired) electrons. The fourth-order valence-corrected chi connectivity index (χ4v) is 3.51. The summed E-state index contributed by atoms with van der Waals surface area (Å²) in [5.74, 6) is -0.890. The summed E-state index contributed by atoms with van der Waals surface area (Å²) in [7, 11) is 0. The zero-order valence-corrected chi connectivity index (χ0v) is 15.1. The molecule has 1 amide bonds. The van der Waals surface area contributed by atoms with Crippen LogP contribution in [0.3, 0.4) is 0 Å². The van der Waals surface area contributed by atoms with Crippen molar-refractivity contribution in [2.45, 2.75) is 44.2 Å². The second-order valence-corrected chi connectivity index (χ2v) is 7.01. The molecule has 1 aromatic heterocycles. The molecular weight excluding hydrogens is 352 g/mol. The highest BCUT2D eigenvalue weighted by molar-refractivity contribution is 6.30. The van der Waals surface area contributed by atoms with Crippen molar-refractivity contribution in [2.75, 3.05) is 0 Å². The van der Waals surface area contributed by atoms with Gasteiger partial charge in [-0.2, -0.15) is 0 Å². The predicted molar refractivity (Wildman–Crippen MR) is 101 cm³/mol. The van der Waals surface area contributed by atoms with Crippen LogP contribution in [-0.2, 0) is 4.79 Å². The Balaban J connectivity index is 1.95. The number of rotatable bonds is 5. The summed E-state index contributed by atoms with van der Waals surface area (Å²) < 4.78 is 1.12. The average molecular weight is 373 g/mol. The SMILES string of the molecule is O=C(NC1CCCCC1)C(C(=O)c1ccccc1)n1cc(Cl)ccc1=O. The molecule has 6 heteroatoms. The van der Waals surface area contributed by atoms with Crippen LogP contribution in [0, 0.1) is 0 Å². The van der Waals surface area contributed by atoms with Gasteiger partial charge >= 0.3 is 0 Å². The number of aromatic nitrogens is 1. The van der Waals surface area contributed by atoms with E-state index in [1.807, 2.05) is 0 Å². The van der Waals surface area contributed by atoms with E-state index in [1.54, 1.807) is 30.3 Å². The van der Waals surface area contributed by atoms with Gasteiger partial charge < -0.3 is 5.32 Å². The summed E-state index contributed by atoms with van der Waals surface area (Å²) >= 11 is 6.01. The highest BCUT2D eigenvalue weighted by Gasteiger charge is 2.31. The highest BCUT2D eigenvalue weighted by atomic mass is 35.5. The molecule has 0 bridgehead atoms. The number of Topliss-reactive ketones (excluding diaryl/α,β-unsaturated/α-hetero) is 1. The van der Waals surface area contributed by atoms with Crippen molar-refractivity contribution in [3.8, 4) is 0 Å². The van der Waals surface area contributed by atoms with Crippen LogP contribution in [0.25, 0.3) is 0 Å². The molecule has 1 fully saturated rings. The molecule has 5 nitrogen and oxygen atoms in total. The summed E-state index contributed by atoms with van der Waals surface area (Å²) in [5.41, 5.74) is -0.0642. The van der Waals surface area contributed by atoms with Crippen LogP contribution >= 0.6 is 11.6 Å². The maximum Gasteiger partial charge on any atom is 0.251 e. The van der Waals surface area contributed by atoms with Crippen molar-refractivity contribution in [3.63, 3.8) is 0 Å². The number of carbonyl (C=O) groups excluding carboxylic acids is 2. The number of carbonyl (C=O) groups is 2. The van der Waals surface area contributed by atoms with Crippen molar-refractivity contribution in [1.29, 1.82) is 0 Å². The first-order valence-electron chi connectivity index (χ1n) is 8.83. The average Bonchev–Trinajstić information content (AvgIpc) is 2.66. The topological polar surface area (TPSA) is 68.2 Å². The van der Waals surface area contributed by atoms with Gasteiger partial charge in [0.25, 0.3) is 11.5 Å². The monoisotopic (exact) mass is 372 g/mol. The van der Waals surface area contributed by atoms with E-state index in [0.717, 1.165) is 36.7 Å². The van der Waals surface area contributed by atoms with Crippen LogP contribution in [0.5, 0.6) is 0 Å². The molecule has 0 saturated heterocycles. The number of amides is 1. The number of nitrogens with zero attached hydrogens (tertiary/aromatic N) is 1. The second kappa shape index (κ2) is 8.32. The summed E-state index contributed by atoms with van der Waals surface area (Å²) in [6, 6.07) is 10.00. The van der Waals surface area contributed by atoms with Crippen molar-refractivity contribution >= 4 is 23.3 Å². The third kappa shape index (κ3) is 4.22. The van der Waals surface area contributed by atoms with Gasteiger partial charge in [-0.05, 0) is 18.9 Å². The third-order valence-corrected chi connectivity index (χ3v) is 4.91. The second-order valence-electron chi connectivity index (χ2n) is 6.57. The Bertz CT molecular complexity index is 842. The van der Waals surface area contributed by atoms with Gasteiger partial charge in [0.15, 0.2) is 11.8 Å². The number of hydrogen-bond donors (Lipinski definition) is 1. The molecule has 1 saturated carbocycles. The third-order valence-electron chi connectivity index (χ3n) is 4.69. The Labute approximate surface area is 157 Å². The molecule has 26 heavy (non-hydrogen) atoms. The molecule has 0 aliphatic heterocycles. The van der Waals surface area contributed by atoms with Crippen LogP contribution in [0.4, 0.5) is 0 Å². The number of halogens is 1. The maximum atomic E-state index is 13.0. The van der Waals surface area contributed by atoms with Gasteiger partial charge in [-0.15, -0.1) is 0 Å². The number of hydrogen-bond acceptors (Lipinski definition) is 3. The van der Waals surface area contributed by atoms with Gasteiger partial charge in [0.05, 0.1) is 5.02 Å². The van der Waals surface area contributed by atoms with E-state index in [2.05, 4.69) is 5.32 Å². The molecule has 1 atom stereocenters. The Morgan fingerprint density at radius 1 is 1.04 bits per heavy atom. The smallest absolute Gasteiger partial charge is 0.251 e. The van der Waals surface area contributed by atoms with Crippen molar-refractivity contribution < 1.29 is 9.59 Å². The fourth-order valence-electron chi connectivity index (χ4n) is 3.34. The number of nitrogens with one attached hydrogen (secondary N) is 1. The van der Waals surface area contributed by atoms with Crippen molar-refractivity contribution in [1.82, 2.24) is 9.88 Å². The molecule has 2 aromatic rings. The standard InChI is InChI=1S/C20H21ClN2O3/c21-15-11-12-17(24)23(13-15)18(19(25)14-7-3-1-4-8-14)20(26)22-16-9-5-2-6-10-16/h1,3-4,7-8,11-13,16,18H,2,5-6,9-10H2,(H,22,26). The van der Waals surface area contributed by atoms with E-state index in [0.29, 0.717) is 10.6 Å². The van der Waals surface area contributed by atoms with Gasteiger partial charge in [-0.25, -0.2) is 0 Å². The minimum Gasteiger partial charge on any atom is -0.351 e. The number of ketones is 1. The molecule has 1 aromatic carbocycles. The normalized spacial score (nSPS) is 16.0. The molecular formula is C20H21ClN2O3. The lowest BCUT2D eigenvalue weighted by Crippen LogP contribution is -2.45. The molecule has 1 N–H and O–H groups in total. The Kier molecular flexibility index (Phi) is 5.89. The zero-order chi connectivity index (χ0) is 18.5. The Hall–Kier alpha value is -2.40. The van der Waals surface area contributed by atoms with E-state index < -0.39 is 23.3 Å². The fraction of sp³-hybridized carbons (Fsp3) is 0.350. The van der Waals surface area contributed by atoms with Gasteiger partial charge in [-0.3, -0.25) is 19.0 Å². The molecule has 136 valence electrons. The molecule has 1 aliphatic carbocycles. The quantitative estimate of drug-likeness (QED) is 0.646. The van der Waals surface area contributed by atoms with Crippen molar-refractivity contribution in [2.24, 2.45) is 0 Å². The van der Waals surface area contributed by atoms with E-state index in [-0.39, 0.29) is 6.04 Å². The van der Waals surface area contributed by atoms with Gasteiger partial charge in [-0.1, -0.05) is 61.2 Å². The van der Waals surface area contributed by atoms with Gasteiger partial charge in [0.1, 0.15) is 0 Å². The first-order valence-corrected chi connectivity index (χ1v) is 9.21. The first kappa shape index (κ1) is 18.4. The molecule has 0 spiro atoms. The van der Waals surface area contributed by atoms with Crippen LogP contribution in [0.1, 0.15) is 48.5 Å². The number of benzene rings is 1. The number of pyridine rings is 1. The molecule has 1 heterocycles. The minimum atomic E-state index is -1.27. The summed E-state index contributed by atoms with van der Waals surface area (Å²) in [5, 5.41) is 3.24. The molecule has 1 aliphatic rings. The van der Waals surface area contributed by atoms with Crippen LogP contribution in [0.15, 0.2) is 53.5 Å². The minimum absolute atomic E-state index is 0.0391. The summed E-state index contributed by atoms with van der Waals surface area (Å²) in [6.45, 7) is 0. The first-order chi connectivity index (χ1) is 12.6. The van der Waals surface area contributed by atoms with E-state index in [1.165, 1.54) is 18.3 Å². The lowest BCUT2D eigenvalue weighted by molar-refractivity contribution is -0.124. The largest absolute Gasteiger partial charge is 0.351 e. The van der Waals surface area contributed by atoms with Crippen LogP contribution < -0.4 is 10.9 Å². The predicted octanol–water partition coefficient (Wildman–Crippen LogP) is 3.37.